The zero-order valence-electron chi connectivity index (χ0n) is 20.3. The largest absolute Gasteiger partial charge is 0.472 e. The van der Waals surface area contributed by atoms with E-state index < -0.39 is 69.2 Å². The number of rotatable bonds is 8. The first kappa shape index (κ1) is 28.7. The number of H-pyrrole nitrogens is 1. The number of fused-ring (bicyclic) bond motifs is 1. The summed E-state index contributed by atoms with van der Waals surface area (Å²) in [6, 6.07) is 1.38. The molecule has 0 saturated carbocycles. The van der Waals surface area contributed by atoms with Crippen molar-refractivity contribution in [2.75, 3.05) is 24.7 Å². The van der Waals surface area contributed by atoms with Crippen molar-refractivity contribution in [1.29, 1.82) is 0 Å². The molecule has 11 N–H and O–H groups in total. The number of aromatic nitrogens is 6. The van der Waals surface area contributed by atoms with Crippen molar-refractivity contribution in [2.45, 2.75) is 49.7 Å². The highest BCUT2D eigenvalue weighted by molar-refractivity contribution is 7.47. The van der Waals surface area contributed by atoms with E-state index in [0.717, 1.165) is 4.57 Å². The average Bonchev–Trinajstić information content (AvgIpc) is 3.54. The third kappa shape index (κ3) is 5.86. The number of nitrogen functional groups attached to an aromatic ring is 2. The van der Waals surface area contributed by atoms with Gasteiger partial charge in [0, 0.05) is 19.0 Å². The third-order valence-corrected chi connectivity index (χ3v) is 7.17. The van der Waals surface area contributed by atoms with E-state index in [-0.39, 0.29) is 41.9 Å². The van der Waals surface area contributed by atoms with Crippen LogP contribution in [0.4, 0.5) is 11.8 Å². The minimum Gasteiger partial charge on any atom is -0.394 e. The minimum atomic E-state index is -4.74. The van der Waals surface area contributed by atoms with E-state index in [1.54, 1.807) is 0 Å². The number of anilines is 2. The quantitative estimate of drug-likeness (QED) is 0.145. The van der Waals surface area contributed by atoms with Gasteiger partial charge in [-0.15, -0.1) is 0 Å². The fraction of sp³-hybridized carbons (Fsp3) is 0.526. The molecule has 7 unspecified atom stereocenters. The van der Waals surface area contributed by atoms with Crippen LogP contribution in [0.1, 0.15) is 25.3 Å². The first-order valence-corrected chi connectivity index (χ1v) is 12.9. The van der Waals surface area contributed by atoms with Crippen molar-refractivity contribution < 1.29 is 38.2 Å². The van der Waals surface area contributed by atoms with E-state index in [4.69, 9.17) is 30.0 Å². The van der Waals surface area contributed by atoms with Gasteiger partial charge in [0.2, 0.25) is 5.95 Å². The number of hydrogen-bond acceptors (Lipinski definition) is 15. The molecule has 3 aromatic rings. The molecule has 3 aromatic heterocycles. The summed E-state index contributed by atoms with van der Waals surface area (Å²) in [5.41, 5.74) is 10.0. The van der Waals surface area contributed by atoms with Crippen molar-refractivity contribution in [2.24, 2.45) is 0 Å². The number of phosphoric acid groups is 1. The van der Waals surface area contributed by atoms with Gasteiger partial charge in [-0.05, 0) is 6.07 Å². The van der Waals surface area contributed by atoms with Gasteiger partial charge in [0.25, 0.3) is 5.56 Å². The van der Waals surface area contributed by atoms with Crippen LogP contribution in [0.25, 0.3) is 11.2 Å². The fourth-order valence-electron chi connectivity index (χ4n) is 4.35. The van der Waals surface area contributed by atoms with Crippen LogP contribution in [0.2, 0.25) is 0 Å². The molecule has 39 heavy (non-hydrogen) atoms. The lowest BCUT2D eigenvalue weighted by Gasteiger charge is -2.21. The number of phosphoric ester groups is 1. The molecule has 0 radical (unpaired) electrons. The molecule has 2 fully saturated rings. The normalized spacial score (nSPS) is 28.4. The summed E-state index contributed by atoms with van der Waals surface area (Å²) in [5, 5.41) is 20.1. The Hall–Kier alpha value is -3.26. The SMILES string of the molecule is N.Nc1ccn(C2CC(OP(=O)(O)OCC3OC(n4cnc5c(=O)[nH]c(N)nc54)CC3O)C(CO)O2)c(=O)n1. The molecule has 0 aromatic carbocycles. The van der Waals surface area contributed by atoms with E-state index in [1.807, 2.05) is 0 Å². The number of nitrogens with zero attached hydrogens (tertiary/aromatic N) is 5. The Balaban J connectivity index is 0.00000353. The summed E-state index contributed by atoms with van der Waals surface area (Å²) in [5.74, 6) is -0.115. The number of ether oxygens (including phenoxy) is 2. The number of hydrogen-bond donors (Lipinski definition) is 7. The topological polar surface area (TPSA) is 300 Å². The van der Waals surface area contributed by atoms with Gasteiger partial charge in [-0.2, -0.15) is 9.97 Å². The zero-order chi connectivity index (χ0) is 27.2. The van der Waals surface area contributed by atoms with Gasteiger partial charge in [-0.25, -0.2) is 14.3 Å². The number of nitrogens with one attached hydrogen (secondary N) is 1. The number of aromatic amines is 1. The van der Waals surface area contributed by atoms with Gasteiger partial charge >= 0.3 is 13.5 Å². The molecule has 20 heteroatoms. The standard InChI is InChI=1S/C19H25N8O10P.H3N/c20-12-1-2-26(19(31)23-12)14-4-9(10(5-28)35-14)37-38(32,33)34-6-11-8(29)3-13(36-11)27-7-22-15-16(27)24-18(21)25-17(15)30;/h1-2,7-11,13-14,28-29H,3-6H2,(H,32,33)(H2,20,23,31)(H3,21,24,25,30);1H3. The van der Waals surface area contributed by atoms with E-state index in [0.29, 0.717) is 0 Å². The molecule has 0 aliphatic carbocycles. The molecule has 2 aliphatic rings. The number of nitrogens with two attached hydrogens (primary N) is 2. The molecule has 0 spiro atoms. The Kier molecular flexibility index (Phi) is 8.17. The first-order chi connectivity index (χ1) is 18.0. The monoisotopic (exact) mass is 573 g/mol. The molecular formula is C19H28N9O10P. The Morgan fingerprint density at radius 3 is 2.59 bits per heavy atom. The summed E-state index contributed by atoms with van der Waals surface area (Å²) < 4.78 is 36.8. The highest BCUT2D eigenvalue weighted by atomic mass is 31.2. The van der Waals surface area contributed by atoms with Gasteiger partial charge in [0.05, 0.1) is 25.6 Å². The van der Waals surface area contributed by atoms with Crippen molar-refractivity contribution in [1.82, 2.24) is 35.2 Å². The van der Waals surface area contributed by atoms with Gasteiger partial charge < -0.3 is 42.2 Å². The molecule has 5 rings (SSSR count). The summed E-state index contributed by atoms with van der Waals surface area (Å²) in [6.07, 6.45) is -3.42. The molecule has 2 aliphatic heterocycles. The average molecular weight is 573 g/mol. The summed E-state index contributed by atoms with van der Waals surface area (Å²) in [4.78, 5) is 48.4. The second-order valence-corrected chi connectivity index (χ2v) is 10.1. The molecule has 214 valence electrons. The van der Waals surface area contributed by atoms with Crippen LogP contribution in [-0.4, -0.2) is 81.8 Å². The van der Waals surface area contributed by atoms with Gasteiger partial charge in [-0.3, -0.25) is 28.0 Å². The van der Waals surface area contributed by atoms with Crippen LogP contribution in [0.15, 0.2) is 28.2 Å². The van der Waals surface area contributed by atoms with Crippen LogP contribution >= 0.6 is 7.82 Å². The third-order valence-electron chi connectivity index (χ3n) is 6.16. The number of aliphatic hydroxyl groups is 2. The Labute approximate surface area is 218 Å². The zero-order valence-corrected chi connectivity index (χ0v) is 21.2. The molecule has 0 bridgehead atoms. The number of aliphatic hydroxyl groups excluding tert-OH is 2. The van der Waals surface area contributed by atoms with Gasteiger partial charge in [0.1, 0.15) is 36.6 Å². The molecule has 2 saturated heterocycles. The summed E-state index contributed by atoms with van der Waals surface area (Å²) in [6.45, 7) is -1.10. The fourth-order valence-corrected chi connectivity index (χ4v) is 5.31. The lowest BCUT2D eigenvalue weighted by Crippen LogP contribution is -2.29. The Morgan fingerprint density at radius 2 is 1.87 bits per heavy atom. The van der Waals surface area contributed by atoms with E-state index in [1.165, 1.54) is 23.2 Å². The maximum Gasteiger partial charge on any atom is 0.472 e. The summed E-state index contributed by atoms with van der Waals surface area (Å²) in [7, 11) is -4.74. The molecule has 0 amide bonds. The van der Waals surface area contributed by atoms with E-state index in [2.05, 4.69) is 19.9 Å². The number of imidazole rings is 1. The van der Waals surface area contributed by atoms with Crippen LogP contribution in [0.5, 0.6) is 0 Å². The summed E-state index contributed by atoms with van der Waals surface area (Å²) >= 11 is 0. The second-order valence-electron chi connectivity index (χ2n) is 8.71. The van der Waals surface area contributed by atoms with Crippen molar-refractivity contribution >= 4 is 30.8 Å². The lowest BCUT2D eigenvalue weighted by molar-refractivity contribution is -0.0564. The highest BCUT2D eigenvalue weighted by Gasteiger charge is 2.43. The minimum absolute atomic E-state index is 0. The van der Waals surface area contributed by atoms with E-state index >= 15 is 0 Å². The second kappa shape index (κ2) is 11.1. The molecule has 19 nitrogen and oxygen atoms in total. The van der Waals surface area contributed by atoms with Crippen LogP contribution in [-0.2, 0) is 23.1 Å². The lowest BCUT2D eigenvalue weighted by atomic mass is 10.2. The molecule has 7 atom stereocenters. The van der Waals surface area contributed by atoms with Gasteiger partial charge in [0.15, 0.2) is 11.2 Å². The van der Waals surface area contributed by atoms with E-state index in [9.17, 15) is 29.3 Å². The van der Waals surface area contributed by atoms with Crippen LogP contribution in [0.3, 0.4) is 0 Å². The van der Waals surface area contributed by atoms with Crippen molar-refractivity contribution in [3.05, 3.63) is 39.4 Å². The first-order valence-electron chi connectivity index (χ1n) is 11.4. The Bertz CT molecular complexity index is 1490. The highest BCUT2D eigenvalue weighted by Crippen LogP contribution is 2.49. The van der Waals surface area contributed by atoms with Crippen molar-refractivity contribution in [3.63, 3.8) is 0 Å². The van der Waals surface area contributed by atoms with Crippen LogP contribution < -0.4 is 28.9 Å². The smallest absolute Gasteiger partial charge is 0.394 e. The Morgan fingerprint density at radius 1 is 1.15 bits per heavy atom. The van der Waals surface area contributed by atoms with Crippen LogP contribution in [0, 0.1) is 0 Å². The maximum atomic E-state index is 12.7. The predicted octanol–water partition coefficient (Wildman–Crippen LogP) is -1.87. The maximum absolute atomic E-state index is 12.7. The van der Waals surface area contributed by atoms with Crippen molar-refractivity contribution in [3.8, 4) is 0 Å². The molecule has 5 heterocycles. The predicted molar refractivity (Wildman–Crippen MR) is 131 cm³/mol. The molecular weight excluding hydrogens is 545 g/mol. The van der Waals surface area contributed by atoms with Gasteiger partial charge in [-0.1, -0.05) is 0 Å².